The molecule has 0 aliphatic carbocycles. The van der Waals surface area contributed by atoms with Gasteiger partial charge in [-0.2, -0.15) is 0 Å². The van der Waals surface area contributed by atoms with E-state index in [1.807, 2.05) is 11.3 Å². The van der Waals surface area contributed by atoms with Gasteiger partial charge in [-0.25, -0.2) is 4.98 Å². The van der Waals surface area contributed by atoms with Crippen molar-refractivity contribution in [1.82, 2.24) is 10.3 Å². The summed E-state index contributed by atoms with van der Waals surface area (Å²) in [5.41, 5.74) is 1.29. The lowest BCUT2D eigenvalue weighted by atomic mass is 9.91. The summed E-state index contributed by atoms with van der Waals surface area (Å²) in [4.78, 5) is 8.64. The second-order valence-electron chi connectivity index (χ2n) is 6.39. The van der Waals surface area contributed by atoms with Gasteiger partial charge in [0.2, 0.25) is 0 Å². The van der Waals surface area contributed by atoms with Crippen LogP contribution in [-0.2, 0) is 16.7 Å². The van der Waals surface area contributed by atoms with Gasteiger partial charge in [-0.3, -0.25) is 0 Å². The van der Waals surface area contributed by atoms with E-state index in [0.717, 1.165) is 31.4 Å². The van der Waals surface area contributed by atoms with Crippen LogP contribution < -0.4 is 10.2 Å². The van der Waals surface area contributed by atoms with Crippen LogP contribution in [0.5, 0.6) is 0 Å². The highest BCUT2D eigenvalue weighted by Crippen LogP contribution is 2.34. The van der Waals surface area contributed by atoms with E-state index in [-0.39, 0.29) is 5.41 Å². The molecule has 1 aromatic rings. The normalized spacial score (nSPS) is 13.5. The number of hydrogen-bond donors (Lipinski definition) is 1. The van der Waals surface area contributed by atoms with Gasteiger partial charge < -0.3 is 15.0 Å². The smallest absolute Gasteiger partial charge is 0.186 e. The molecule has 122 valence electrons. The quantitative estimate of drug-likeness (QED) is 0.798. The fraction of sp³-hybridized carbons (Fsp3) is 0.812. The third kappa shape index (κ3) is 4.94. The number of rotatable bonds is 8. The molecular formula is C16H31N3OS. The maximum Gasteiger partial charge on any atom is 0.186 e. The summed E-state index contributed by atoms with van der Waals surface area (Å²) in [6.45, 7) is 16.7. The Kier molecular flexibility index (Phi) is 7.10. The molecule has 1 aromatic heterocycles. The third-order valence-corrected chi connectivity index (χ3v) is 4.55. The zero-order chi connectivity index (χ0) is 16.0. The van der Waals surface area contributed by atoms with Gasteiger partial charge in [0.05, 0.1) is 18.3 Å². The van der Waals surface area contributed by atoms with Crippen molar-refractivity contribution in [3.63, 3.8) is 0 Å². The summed E-state index contributed by atoms with van der Waals surface area (Å²) >= 11 is 1.81. The maximum atomic E-state index is 5.30. The first-order chi connectivity index (χ1) is 9.85. The Hall–Kier alpha value is -0.650. The summed E-state index contributed by atoms with van der Waals surface area (Å²) in [5, 5.41) is 4.54. The minimum atomic E-state index is 0.0728. The van der Waals surface area contributed by atoms with Gasteiger partial charge in [0.15, 0.2) is 5.13 Å². The third-order valence-electron chi connectivity index (χ3n) is 3.46. The first-order valence-corrected chi connectivity index (χ1v) is 8.63. The van der Waals surface area contributed by atoms with E-state index in [1.54, 1.807) is 7.11 Å². The number of ether oxygens (including phenoxy) is 1. The lowest BCUT2D eigenvalue weighted by molar-refractivity contribution is 0.182. The van der Waals surface area contributed by atoms with Gasteiger partial charge in [-0.05, 0) is 20.4 Å². The highest BCUT2D eigenvalue weighted by atomic mass is 32.1. The van der Waals surface area contributed by atoms with Crippen LogP contribution in [0.4, 0.5) is 5.13 Å². The molecule has 0 saturated heterocycles. The van der Waals surface area contributed by atoms with Crippen LogP contribution in [0.25, 0.3) is 0 Å². The van der Waals surface area contributed by atoms with Crippen LogP contribution in [0, 0.1) is 0 Å². The molecule has 0 spiro atoms. The molecule has 0 saturated carbocycles. The van der Waals surface area contributed by atoms with Crippen molar-refractivity contribution in [2.24, 2.45) is 0 Å². The van der Waals surface area contributed by atoms with Gasteiger partial charge in [0, 0.05) is 30.5 Å². The molecule has 0 fully saturated rings. The van der Waals surface area contributed by atoms with E-state index in [4.69, 9.17) is 9.72 Å². The predicted molar refractivity (Wildman–Crippen MR) is 92.6 cm³/mol. The topological polar surface area (TPSA) is 37.4 Å². The predicted octanol–water partition coefficient (Wildman–Crippen LogP) is 3.41. The van der Waals surface area contributed by atoms with Crippen molar-refractivity contribution >= 4 is 16.5 Å². The molecule has 0 bridgehead atoms. The van der Waals surface area contributed by atoms with Gasteiger partial charge in [-0.15, -0.1) is 11.3 Å². The number of hydrogen-bond acceptors (Lipinski definition) is 5. The molecule has 0 radical (unpaired) electrons. The first-order valence-electron chi connectivity index (χ1n) is 7.81. The van der Waals surface area contributed by atoms with Crippen molar-refractivity contribution in [2.75, 3.05) is 31.7 Å². The Balaban J connectivity index is 3.09. The van der Waals surface area contributed by atoms with Crippen LogP contribution in [0.15, 0.2) is 0 Å². The number of thiazole rings is 1. The summed E-state index contributed by atoms with van der Waals surface area (Å²) in [6.07, 6.45) is 0. The Bertz CT molecular complexity index is 426. The van der Waals surface area contributed by atoms with Crippen molar-refractivity contribution in [3.8, 4) is 0 Å². The van der Waals surface area contributed by atoms with Crippen LogP contribution in [0.3, 0.4) is 0 Å². The highest BCUT2D eigenvalue weighted by Gasteiger charge is 2.25. The minimum Gasteiger partial charge on any atom is -0.383 e. The first kappa shape index (κ1) is 18.4. The molecule has 4 nitrogen and oxygen atoms in total. The highest BCUT2D eigenvalue weighted by molar-refractivity contribution is 7.15. The lowest BCUT2D eigenvalue weighted by Crippen LogP contribution is -2.36. The Morgan fingerprint density at radius 2 is 2.00 bits per heavy atom. The Morgan fingerprint density at radius 3 is 2.48 bits per heavy atom. The molecule has 1 rings (SSSR count). The number of nitrogens with one attached hydrogen (secondary N) is 1. The van der Waals surface area contributed by atoms with Gasteiger partial charge in [-0.1, -0.05) is 27.7 Å². The second kappa shape index (κ2) is 8.11. The summed E-state index contributed by atoms with van der Waals surface area (Å²) in [5.74, 6) is 0. The molecule has 1 atom stereocenters. The minimum absolute atomic E-state index is 0.0728. The monoisotopic (exact) mass is 313 g/mol. The molecule has 1 N–H and O–H groups in total. The fourth-order valence-electron chi connectivity index (χ4n) is 2.37. The summed E-state index contributed by atoms with van der Waals surface area (Å²) in [6, 6.07) is 0.339. The standard InChI is InChI=1S/C16H31N3OS/c1-8-17-10-13-14(16(4,5)6)18-15(21-13)19(9-2)12(3)11-20-7/h12,17H,8-11H2,1-7H3. The number of aromatic nitrogens is 1. The van der Waals surface area contributed by atoms with Crippen molar-refractivity contribution in [1.29, 1.82) is 0 Å². The average molecular weight is 314 g/mol. The van der Waals surface area contributed by atoms with Crippen LogP contribution in [0.1, 0.15) is 52.1 Å². The largest absolute Gasteiger partial charge is 0.383 e. The van der Waals surface area contributed by atoms with Gasteiger partial charge in [0.25, 0.3) is 0 Å². The van der Waals surface area contributed by atoms with E-state index in [1.165, 1.54) is 10.6 Å². The van der Waals surface area contributed by atoms with Crippen LogP contribution in [0.2, 0.25) is 0 Å². The van der Waals surface area contributed by atoms with Gasteiger partial charge >= 0.3 is 0 Å². The molecule has 1 unspecified atom stereocenters. The van der Waals surface area contributed by atoms with E-state index in [0.29, 0.717) is 6.04 Å². The second-order valence-corrected chi connectivity index (χ2v) is 7.45. The van der Waals surface area contributed by atoms with E-state index in [9.17, 15) is 0 Å². The Morgan fingerprint density at radius 1 is 1.33 bits per heavy atom. The number of anilines is 1. The lowest BCUT2D eigenvalue weighted by Gasteiger charge is -2.27. The molecular weight excluding hydrogens is 282 g/mol. The molecule has 21 heavy (non-hydrogen) atoms. The molecule has 1 heterocycles. The van der Waals surface area contributed by atoms with Gasteiger partial charge in [0.1, 0.15) is 0 Å². The molecule has 0 amide bonds. The average Bonchev–Trinajstić information content (AvgIpc) is 2.81. The van der Waals surface area contributed by atoms with Crippen LogP contribution >= 0.6 is 11.3 Å². The fourth-order valence-corrected chi connectivity index (χ4v) is 3.78. The zero-order valence-electron chi connectivity index (χ0n) is 14.6. The van der Waals surface area contributed by atoms with E-state index < -0.39 is 0 Å². The van der Waals surface area contributed by atoms with Crippen LogP contribution in [-0.4, -0.2) is 37.8 Å². The Labute approximate surface area is 133 Å². The number of methoxy groups -OCH3 is 1. The SMILES string of the molecule is CCNCc1sc(N(CC)C(C)COC)nc1C(C)(C)C. The number of nitrogens with zero attached hydrogens (tertiary/aromatic N) is 2. The number of likely N-dealkylation sites (N-methyl/N-ethyl adjacent to an activating group) is 1. The summed E-state index contributed by atoms with van der Waals surface area (Å²) < 4.78 is 5.30. The van der Waals surface area contributed by atoms with E-state index in [2.05, 4.69) is 51.8 Å². The van der Waals surface area contributed by atoms with E-state index >= 15 is 0 Å². The maximum absolute atomic E-state index is 5.30. The molecule has 0 aromatic carbocycles. The zero-order valence-corrected chi connectivity index (χ0v) is 15.4. The summed E-state index contributed by atoms with van der Waals surface area (Å²) in [7, 11) is 1.75. The van der Waals surface area contributed by atoms with Crippen molar-refractivity contribution in [2.45, 2.75) is 59.5 Å². The van der Waals surface area contributed by atoms with Crippen molar-refractivity contribution < 1.29 is 4.74 Å². The van der Waals surface area contributed by atoms with Crippen molar-refractivity contribution in [3.05, 3.63) is 10.6 Å². The molecule has 5 heteroatoms. The molecule has 0 aliphatic heterocycles. The molecule has 0 aliphatic rings.